The summed E-state index contributed by atoms with van der Waals surface area (Å²) in [4.78, 5) is 11.1. The van der Waals surface area contributed by atoms with Crippen LogP contribution in [-0.4, -0.2) is 5.78 Å². The third kappa shape index (κ3) is 1.94. The highest BCUT2D eigenvalue weighted by atomic mass is 16.1. The third-order valence-electron chi connectivity index (χ3n) is 1.85. The summed E-state index contributed by atoms with van der Waals surface area (Å²) < 4.78 is 0. The van der Waals surface area contributed by atoms with Crippen LogP contribution >= 0.6 is 0 Å². The average Bonchev–Trinajstić information content (AvgIpc) is 2.03. The van der Waals surface area contributed by atoms with E-state index < -0.39 is 0 Å². The first-order valence-electron chi connectivity index (χ1n) is 4.17. The van der Waals surface area contributed by atoms with Crippen LogP contribution in [0.1, 0.15) is 35.3 Å². The molecule has 1 aromatic rings. The Labute approximate surface area is 73.4 Å². The standard InChI is InChI=1S/C11H13O/c1-4-10-5-8(2)6-11(7-10)9(3)12/h6-7H,4H2,1-3H3. The van der Waals surface area contributed by atoms with E-state index in [0.717, 1.165) is 23.1 Å². The van der Waals surface area contributed by atoms with Crippen molar-refractivity contribution in [3.8, 4) is 0 Å². The summed E-state index contributed by atoms with van der Waals surface area (Å²) in [6.45, 7) is 5.62. The molecule has 0 spiro atoms. The van der Waals surface area contributed by atoms with E-state index in [1.165, 1.54) is 0 Å². The highest BCUT2D eigenvalue weighted by molar-refractivity contribution is 5.94. The maximum atomic E-state index is 11.1. The van der Waals surface area contributed by atoms with Gasteiger partial charge in [-0.25, -0.2) is 0 Å². The quantitative estimate of drug-likeness (QED) is 0.609. The van der Waals surface area contributed by atoms with E-state index in [9.17, 15) is 4.79 Å². The van der Waals surface area contributed by atoms with E-state index >= 15 is 0 Å². The van der Waals surface area contributed by atoms with E-state index in [0.29, 0.717) is 0 Å². The number of hydrogen-bond acceptors (Lipinski definition) is 1. The molecular weight excluding hydrogens is 148 g/mol. The minimum atomic E-state index is 0.127. The number of rotatable bonds is 2. The van der Waals surface area contributed by atoms with Crippen LogP contribution in [-0.2, 0) is 6.42 Å². The predicted octanol–water partition coefficient (Wildman–Crippen LogP) is 2.56. The van der Waals surface area contributed by atoms with Gasteiger partial charge in [0.2, 0.25) is 0 Å². The topological polar surface area (TPSA) is 17.1 Å². The molecule has 1 rings (SSSR count). The fourth-order valence-corrected chi connectivity index (χ4v) is 1.18. The van der Waals surface area contributed by atoms with E-state index in [1.54, 1.807) is 6.92 Å². The maximum absolute atomic E-state index is 11.1. The van der Waals surface area contributed by atoms with Gasteiger partial charge in [0.25, 0.3) is 0 Å². The number of ketones is 1. The van der Waals surface area contributed by atoms with Crippen LogP contribution in [0.3, 0.4) is 0 Å². The molecule has 1 radical (unpaired) electrons. The zero-order valence-electron chi connectivity index (χ0n) is 7.77. The number of hydrogen-bond donors (Lipinski definition) is 0. The lowest BCUT2D eigenvalue weighted by Gasteiger charge is -2.01. The second kappa shape index (κ2) is 3.53. The summed E-state index contributed by atoms with van der Waals surface area (Å²) in [6.07, 6.45) is 0.932. The first-order valence-corrected chi connectivity index (χ1v) is 4.17. The van der Waals surface area contributed by atoms with Gasteiger partial charge in [0.15, 0.2) is 5.78 Å². The summed E-state index contributed by atoms with van der Waals surface area (Å²) in [7, 11) is 0. The molecule has 0 aliphatic heterocycles. The zero-order chi connectivity index (χ0) is 9.14. The van der Waals surface area contributed by atoms with Crippen molar-refractivity contribution in [3.05, 3.63) is 34.9 Å². The van der Waals surface area contributed by atoms with Crippen LogP contribution in [0.25, 0.3) is 0 Å². The lowest BCUT2D eigenvalue weighted by Crippen LogP contribution is -1.95. The van der Waals surface area contributed by atoms with Crippen LogP contribution < -0.4 is 0 Å². The summed E-state index contributed by atoms with van der Waals surface area (Å²) in [5.41, 5.74) is 2.95. The Bertz CT molecular complexity index is 300. The molecule has 63 valence electrons. The van der Waals surface area contributed by atoms with E-state index in [4.69, 9.17) is 0 Å². The molecule has 0 N–H and O–H groups in total. The molecule has 0 unspecified atom stereocenters. The summed E-state index contributed by atoms with van der Waals surface area (Å²) >= 11 is 0. The van der Waals surface area contributed by atoms with Crippen molar-refractivity contribution in [3.63, 3.8) is 0 Å². The van der Waals surface area contributed by atoms with Gasteiger partial charge in [-0.05, 0) is 49.6 Å². The molecule has 1 nitrogen and oxygen atoms in total. The minimum absolute atomic E-state index is 0.127. The van der Waals surface area contributed by atoms with E-state index in [-0.39, 0.29) is 5.78 Å². The lowest BCUT2D eigenvalue weighted by atomic mass is 10.0. The van der Waals surface area contributed by atoms with Crippen molar-refractivity contribution in [2.45, 2.75) is 27.2 Å². The summed E-state index contributed by atoms with van der Waals surface area (Å²) in [5, 5.41) is 0. The van der Waals surface area contributed by atoms with Gasteiger partial charge in [-0.2, -0.15) is 0 Å². The van der Waals surface area contributed by atoms with Crippen LogP contribution in [0.15, 0.2) is 12.1 Å². The van der Waals surface area contributed by atoms with Gasteiger partial charge in [-0.15, -0.1) is 0 Å². The normalized spacial score (nSPS) is 9.92. The second-order valence-electron chi connectivity index (χ2n) is 2.99. The minimum Gasteiger partial charge on any atom is -0.295 e. The molecule has 1 aromatic carbocycles. The fraction of sp³-hybridized carbons (Fsp3) is 0.364. The lowest BCUT2D eigenvalue weighted by molar-refractivity contribution is 0.101. The van der Waals surface area contributed by atoms with Gasteiger partial charge < -0.3 is 0 Å². The van der Waals surface area contributed by atoms with Crippen molar-refractivity contribution in [2.24, 2.45) is 0 Å². The largest absolute Gasteiger partial charge is 0.295 e. The average molecular weight is 161 g/mol. The molecule has 0 amide bonds. The van der Waals surface area contributed by atoms with Gasteiger partial charge >= 0.3 is 0 Å². The summed E-state index contributed by atoms with van der Waals surface area (Å²) in [6, 6.07) is 6.99. The molecule has 0 atom stereocenters. The van der Waals surface area contributed by atoms with E-state index in [1.807, 2.05) is 19.1 Å². The molecule has 0 aromatic heterocycles. The fourth-order valence-electron chi connectivity index (χ4n) is 1.18. The summed E-state index contributed by atoms with van der Waals surface area (Å²) in [5.74, 6) is 0.127. The van der Waals surface area contributed by atoms with Gasteiger partial charge in [-0.1, -0.05) is 6.92 Å². The van der Waals surface area contributed by atoms with Crippen molar-refractivity contribution in [2.75, 3.05) is 0 Å². The van der Waals surface area contributed by atoms with Gasteiger partial charge in [0, 0.05) is 5.56 Å². The number of aryl methyl sites for hydroxylation is 2. The molecule has 0 saturated carbocycles. The van der Waals surface area contributed by atoms with Crippen molar-refractivity contribution in [1.82, 2.24) is 0 Å². The highest BCUT2D eigenvalue weighted by Crippen LogP contribution is 2.09. The van der Waals surface area contributed by atoms with Crippen LogP contribution in [0, 0.1) is 13.0 Å². The third-order valence-corrected chi connectivity index (χ3v) is 1.85. The van der Waals surface area contributed by atoms with E-state index in [2.05, 4.69) is 13.0 Å². The SMILES string of the molecule is CCc1[c]c(C)cc(C(C)=O)c1. The zero-order valence-corrected chi connectivity index (χ0v) is 7.77. The Morgan fingerprint density at radius 1 is 1.50 bits per heavy atom. The van der Waals surface area contributed by atoms with Crippen molar-refractivity contribution < 1.29 is 4.79 Å². The Morgan fingerprint density at radius 3 is 2.67 bits per heavy atom. The Hall–Kier alpha value is -1.11. The van der Waals surface area contributed by atoms with Crippen LogP contribution in [0.5, 0.6) is 0 Å². The van der Waals surface area contributed by atoms with Crippen molar-refractivity contribution in [1.29, 1.82) is 0 Å². The molecular formula is C11H13O. The number of carbonyl (C=O) groups is 1. The van der Waals surface area contributed by atoms with Gasteiger partial charge in [-0.3, -0.25) is 4.79 Å². The molecule has 1 heteroatoms. The van der Waals surface area contributed by atoms with Crippen LogP contribution in [0.4, 0.5) is 0 Å². The van der Waals surface area contributed by atoms with Crippen LogP contribution in [0.2, 0.25) is 0 Å². The molecule has 0 fully saturated rings. The Kier molecular flexibility index (Phi) is 2.64. The van der Waals surface area contributed by atoms with Gasteiger partial charge in [0.05, 0.1) is 0 Å². The number of Topliss-reactive ketones (excluding diaryl/α,β-unsaturated/α-hetero) is 1. The maximum Gasteiger partial charge on any atom is 0.159 e. The van der Waals surface area contributed by atoms with Crippen molar-refractivity contribution >= 4 is 5.78 Å². The predicted molar refractivity (Wildman–Crippen MR) is 49.4 cm³/mol. The Morgan fingerprint density at radius 2 is 2.17 bits per heavy atom. The first-order chi connectivity index (χ1) is 5.63. The molecule has 0 aliphatic carbocycles. The smallest absolute Gasteiger partial charge is 0.159 e. The second-order valence-corrected chi connectivity index (χ2v) is 2.99. The highest BCUT2D eigenvalue weighted by Gasteiger charge is 2.01. The molecule has 0 aliphatic rings. The molecule has 0 saturated heterocycles. The first kappa shape index (κ1) is 8.98. The Balaban J connectivity index is 3.15. The number of benzene rings is 1. The van der Waals surface area contributed by atoms with Gasteiger partial charge in [0.1, 0.15) is 0 Å². The monoisotopic (exact) mass is 161 g/mol. The molecule has 0 bridgehead atoms. The number of carbonyl (C=O) groups excluding carboxylic acids is 1. The molecule has 0 heterocycles. The molecule has 12 heavy (non-hydrogen) atoms.